The Morgan fingerprint density at radius 3 is 2.75 bits per heavy atom. The molecule has 0 saturated carbocycles. The summed E-state index contributed by atoms with van der Waals surface area (Å²) in [4.78, 5) is 12.2. The third kappa shape index (κ3) is 3.18. The molecular formula is C16H17N3O4S. The maximum Gasteiger partial charge on any atom is 0.270 e. The van der Waals surface area contributed by atoms with E-state index in [4.69, 9.17) is 0 Å². The zero-order valence-corrected chi connectivity index (χ0v) is 13.9. The van der Waals surface area contributed by atoms with Crippen LogP contribution in [0.4, 0.5) is 17.1 Å². The first-order valence-corrected chi connectivity index (χ1v) is 8.96. The van der Waals surface area contributed by atoms with Gasteiger partial charge in [0.25, 0.3) is 15.7 Å². The number of nitro benzene ring substituents is 1. The van der Waals surface area contributed by atoms with Gasteiger partial charge in [-0.25, -0.2) is 8.42 Å². The molecule has 24 heavy (non-hydrogen) atoms. The molecule has 0 atom stereocenters. The third-order valence-corrected chi connectivity index (χ3v) is 5.41. The molecule has 126 valence electrons. The highest BCUT2D eigenvalue weighted by atomic mass is 32.2. The second-order valence-corrected chi connectivity index (χ2v) is 7.41. The lowest BCUT2D eigenvalue weighted by Gasteiger charge is -2.28. The molecule has 0 aliphatic carbocycles. The van der Waals surface area contributed by atoms with E-state index < -0.39 is 14.9 Å². The summed E-state index contributed by atoms with van der Waals surface area (Å²) in [6, 6.07) is 10.4. The molecule has 3 rings (SSSR count). The van der Waals surface area contributed by atoms with Crippen molar-refractivity contribution in [1.29, 1.82) is 0 Å². The van der Waals surface area contributed by atoms with Crippen molar-refractivity contribution in [2.45, 2.75) is 17.7 Å². The number of rotatable bonds is 4. The van der Waals surface area contributed by atoms with Crippen molar-refractivity contribution in [3.05, 3.63) is 58.1 Å². The average Bonchev–Trinajstić information content (AvgIpc) is 2.55. The number of non-ortho nitro benzene ring substituents is 1. The van der Waals surface area contributed by atoms with Crippen LogP contribution in [0.3, 0.4) is 0 Å². The van der Waals surface area contributed by atoms with Gasteiger partial charge in [-0.2, -0.15) is 0 Å². The van der Waals surface area contributed by atoms with E-state index in [1.807, 2.05) is 13.1 Å². The average molecular weight is 347 g/mol. The van der Waals surface area contributed by atoms with Crippen molar-refractivity contribution in [2.24, 2.45) is 0 Å². The van der Waals surface area contributed by atoms with Gasteiger partial charge in [0, 0.05) is 31.4 Å². The van der Waals surface area contributed by atoms with Crippen LogP contribution in [0.1, 0.15) is 12.0 Å². The topological polar surface area (TPSA) is 92.6 Å². The number of hydrogen-bond donors (Lipinski definition) is 1. The minimum atomic E-state index is -3.89. The Morgan fingerprint density at radius 2 is 2.00 bits per heavy atom. The summed E-state index contributed by atoms with van der Waals surface area (Å²) < 4.78 is 27.5. The fourth-order valence-electron chi connectivity index (χ4n) is 2.80. The molecule has 0 aromatic heterocycles. The SMILES string of the molecule is CN1CCCc2ccc(NS(=O)(=O)c3cccc([N+](=O)[O-])c3)cc21. The molecule has 1 N–H and O–H groups in total. The molecule has 0 radical (unpaired) electrons. The Bertz CT molecular complexity index is 896. The first-order chi connectivity index (χ1) is 11.4. The predicted octanol–water partition coefficient (Wildman–Crippen LogP) is 2.78. The highest BCUT2D eigenvalue weighted by molar-refractivity contribution is 7.92. The number of sulfonamides is 1. The van der Waals surface area contributed by atoms with Gasteiger partial charge >= 0.3 is 0 Å². The molecule has 1 aliphatic rings. The van der Waals surface area contributed by atoms with Gasteiger partial charge in [-0.15, -0.1) is 0 Å². The van der Waals surface area contributed by atoms with E-state index in [0.29, 0.717) is 5.69 Å². The van der Waals surface area contributed by atoms with Crippen LogP contribution in [0.15, 0.2) is 47.4 Å². The van der Waals surface area contributed by atoms with E-state index in [-0.39, 0.29) is 10.6 Å². The number of aryl methyl sites for hydroxylation is 1. The lowest BCUT2D eigenvalue weighted by atomic mass is 10.0. The molecule has 0 fully saturated rings. The van der Waals surface area contributed by atoms with Gasteiger partial charge in [-0.3, -0.25) is 14.8 Å². The second-order valence-electron chi connectivity index (χ2n) is 5.73. The molecule has 0 unspecified atom stereocenters. The number of fused-ring (bicyclic) bond motifs is 1. The smallest absolute Gasteiger partial charge is 0.270 e. The molecule has 0 saturated heterocycles. The summed E-state index contributed by atoms with van der Waals surface area (Å²) >= 11 is 0. The number of nitro groups is 1. The molecule has 0 amide bonds. The van der Waals surface area contributed by atoms with Crippen molar-refractivity contribution < 1.29 is 13.3 Å². The maximum atomic E-state index is 12.5. The Morgan fingerprint density at radius 1 is 1.21 bits per heavy atom. The maximum absolute atomic E-state index is 12.5. The molecule has 0 bridgehead atoms. The molecular weight excluding hydrogens is 330 g/mol. The van der Waals surface area contributed by atoms with Crippen molar-refractivity contribution in [2.75, 3.05) is 23.2 Å². The van der Waals surface area contributed by atoms with Gasteiger partial charge in [0.15, 0.2) is 0 Å². The van der Waals surface area contributed by atoms with Crippen LogP contribution in [0, 0.1) is 10.1 Å². The van der Waals surface area contributed by atoms with Crippen LogP contribution in [0.2, 0.25) is 0 Å². The summed E-state index contributed by atoms with van der Waals surface area (Å²) in [7, 11) is -1.92. The normalized spacial score (nSPS) is 14.1. The molecule has 0 spiro atoms. The van der Waals surface area contributed by atoms with Gasteiger partial charge in [-0.05, 0) is 36.6 Å². The summed E-state index contributed by atoms with van der Waals surface area (Å²) in [6.45, 7) is 0.925. The van der Waals surface area contributed by atoms with Gasteiger partial charge in [0.1, 0.15) is 0 Å². The van der Waals surface area contributed by atoms with Crippen molar-refractivity contribution in [3.8, 4) is 0 Å². The number of benzene rings is 2. The number of nitrogens with zero attached hydrogens (tertiary/aromatic N) is 2. The monoisotopic (exact) mass is 347 g/mol. The van der Waals surface area contributed by atoms with E-state index >= 15 is 0 Å². The van der Waals surface area contributed by atoms with Crippen LogP contribution in [0.25, 0.3) is 0 Å². The van der Waals surface area contributed by atoms with Gasteiger partial charge in [0.2, 0.25) is 0 Å². The van der Waals surface area contributed by atoms with Crippen LogP contribution in [-0.4, -0.2) is 26.9 Å². The predicted molar refractivity (Wildman–Crippen MR) is 91.9 cm³/mol. The van der Waals surface area contributed by atoms with Gasteiger partial charge in [0.05, 0.1) is 15.5 Å². The second kappa shape index (κ2) is 6.12. The Labute approximate surface area is 140 Å². The summed E-state index contributed by atoms with van der Waals surface area (Å²) in [6.07, 6.45) is 2.04. The van der Waals surface area contributed by atoms with E-state index in [9.17, 15) is 18.5 Å². The molecule has 7 nitrogen and oxygen atoms in total. The quantitative estimate of drug-likeness (QED) is 0.678. The lowest BCUT2D eigenvalue weighted by molar-refractivity contribution is -0.385. The first-order valence-electron chi connectivity index (χ1n) is 7.48. The van der Waals surface area contributed by atoms with Crippen molar-refractivity contribution in [3.63, 3.8) is 0 Å². The summed E-state index contributed by atoms with van der Waals surface area (Å²) in [5.74, 6) is 0. The Hall–Kier alpha value is -2.61. The summed E-state index contributed by atoms with van der Waals surface area (Å²) in [5, 5.41) is 10.8. The Kier molecular flexibility index (Phi) is 4.15. The van der Waals surface area contributed by atoms with E-state index in [1.54, 1.807) is 12.1 Å². The number of anilines is 2. The minimum absolute atomic E-state index is 0.136. The largest absolute Gasteiger partial charge is 0.374 e. The van der Waals surface area contributed by atoms with Crippen LogP contribution >= 0.6 is 0 Å². The van der Waals surface area contributed by atoms with Crippen molar-refractivity contribution in [1.82, 2.24) is 0 Å². The van der Waals surface area contributed by atoms with Crippen molar-refractivity contribution >= 4 is 27.1 Å². The van der Waals surface area contributed by atoms with E-state index in [1.165, 1.54) is 23.8 Å². The summed E-state index contributed by atoms with van der Waals surface area (Å²) in [5.41, 5.74) is 2.36. The standard InChI is InChI=1S/C16H17N3O4S/c1-18-9-3-4-12-7-8-13(10-16(12)18)17-24(22,23)15-6-2-5-14(11-15)19(20)21/h2,5-8,10-11,17H,3-4,9H2,1H3. The van der Waals surface area contributed by atoms with Crippen LogP contribution in [-0.2, 0) is 16.4 Å². The van der Waals surface area contributed by atoms with Crippen LogP contribution in [0.5, 0.6) is 0 Å². The highest BCUT2D eigenvalue weighted by Gasteiger charge is 2.19. The molecule has 2 aromatic rings. The Balaban J connectivity index is 1.91. The zero-order valence-electron chi connectivity index (χ0n) is 13.1. The first kappa shape index (κ1) is 16.3. The third-order valence-electron chi connectivity index (χ3n) is 4.03. The van der Waals surface area contributed by atoms with Crippen LogP contribution < -0.4 is 9.62 Å². The minimum Gasteiger partial charge on any atom is -0.374 e. The molecule has 1 aliphatic heterocycles. The molecule has 1 heterocycles. The fourth-order valence-corrected chi connectivity index (χ4v) is 3.89. The molecule has 2 aromatic carbocycles. The fraction of sp³-hybridized carbons (Fsp3) is 0.250. The van der Waals surface area contributed by atoms with E-state index in [2.05, 4.69) is 9.62 Å². The zero-order chi connectivity index (χ0) is 17.3. The highest BCUT2D eigenvalue weighted by Crippen LogP contribution is 2.30. The number of nitrogens with one attached hydrogen (secondary N) is 1. The molecule has 8 heteroatoms. The van der Waals surface area contributed by atoms with Gasteiger partial charge in [-0.1, -0.05) is 12.1 Å². The lowest BCUT2D eigenvalue weighted by Crippen LogP contribution is -2.25. The number of hydrogen-bond acceptors (Lipinski definition) is 5. The van der Waals surface area contributed by atoms with Gasteiger partial charge < -0.3 is 4.90 Å². The van der Waals surface area contributed by atoms with E-state index in [0.717, 1.165) is 31.1 Å².